The number of aryl methyl sites for hydroxylation is 2. The molecule has 0 saturated carbocycles. The SMILES string of the molecule is [2H]c1c(N2CCN(CC(=O)N3CC(O)C3)CC2)cc2c(N(C)c3nc(-c4ccc(C)cc4)c(C#N)s3)c(CC)nn2c1[2H]. The predicted octanol–water partition coefficient (Wildman–Crippen LogP) is 3.29. The summed E-state index contributed by atoms with van der Waals surface area (Å²) in [6.07, 6.45) is 0.212. The molecule has 41 heavy (non-hydrogen) atoms. The van der Waals surface area contributed by atoms with Crippen molar-refractivity contribution in [2.45, 2.75) is 26.4 Å². The van der Waals surface area contributed by atoms with Gasteiger partial charge in [-0.3, -0.25) is 9.69 Å². The second-order valence-corrected chi connectivity index (χ2v) is 11.6. The number of hydrogen-bond acceptors (Lipinski definition) is 9. The molecule has 1 aromatic carbocycles. The maximum Gasteiger partial charge on any atom is 0.236 e. The monoisotopic (exact) mass is 572 g/mol. The zero-order chi connectivity index (χ0) is 30.4. The van der Waals surface area contributed by atoms with Crippen LogP contribution >= 0.6 is 11.3 Å². The van der Waals surface area contributed by atoms with Crippen molar-refractivity contribution in [3.63, 3.8) is 0 Å². The third kappa shape index (κ3) is 5.26. The Morgan fingerprint density at radius 2 is 1.98 bits per heavy atom. The smallest absolute Gasteiger partial charge is 0.236 e. The largest absolute Gasteiger partial charge is 0.389 e. The van der Waals surface area contributed by atoms with Crippen molar-refractivity contribution in [1.82, 2.24) is 24.4 Å². The number of aromatic nitrogens is 3. The van der Waals surface area contributed by atoms with Crippen LogP contribution in [0, 0.1) is 18.3 Å². The predicted molar refractivity (Wildman–Crippen MR) is 161 cm³/mol. The summed E-state index contributed by atoms with van der Waals surface area (Å²) >= 11 is 1.32. The quantitative estimate of drug-likeness (QED) is 0.360. The number of pyridine rings is 1. The van der Waals surface area contributed by atoms with Crippen molar-refractivity contribution in [3.8, 4) is 17.3 Å². The van der Waals surface area contributed by atoms with E-state index >= 15 is 0 Å². The van der Waals surface area contributed by atoms with Crippen molar-refractivity contribution in [2.75, 3.05) is 62.7 Å². The molecule has 4 aromatic rings. The average Bonchev–Trinajstić information content (AvgIpc) is 3.60. The lowest BCUT2D eigenvalue weighted by atomic mass is 10.1. The molecule has 2 aliphatic heterocycles. The Morgan fingerprint density at radius 1 is 1.24 bits per heavy atom. The van der Waals surface area contributed by atoms with Gasteiger partial charge >= 0.3 is 0 Å². The van der Waals surface area contributed by atoms with Crippen molar-refractivity contribution >= 4 is 39.3 Å². The van der Waals surface area contributed by atoms with Gasteiger partial charge in [-0.25, -0.2) is 9.50 Å². The van der Waals surface area contributed by atoms with Crippen LogP contribution in [0.4, 0.5) is 16.5 Å². The number of amides is 1. The number of aliphatic hydroxyl groups is 1. The topological polar surface area (TPSA) is 104 Å². The summed E-state index contributed by atoms with van der Waals surface area (Å²) in [5, 5.41) is 24.8. The molecule has 1 N–H and O–H groups in total. The number of hydrogen-bond donors (Lipinski definition) is 1. The van der Waals surface area contributed by atoms with Crippen LogP contribution in [0.2, 0.25) is 0 Å². The minimum absolute atomic E-state index is 0.00740. The Hall–Kier alpha value is -3.98. The summed E-state index contributed by atoms with van der Waals surface area (Å²) < 4.78 is 19.2. The molecule has 10 nitrogen and oxygen atoms in total. The Kier molecular flexibility index (Phi) is 6.72. The number of benzene rings is 1. The van der Waals surface area contributed by atoms with E-state index in [4.69, 9.17) is 12.8 Å². The number of rotatable bonds is 7. The molecule has 0 bridgehead atoms. The molecule has 0 atom stereocenters. The van der Waals surface area contributed by atoms with Gasteiger partial charge in [0.2, 0.25) is 5.91 Å². The molecule has 1 amide bonds. The third-order valence-electron chi connectivity index (χ3n) is 7.81. The number of carbonyl (C=O) groups excluding carboxylic acids is 1. The second-order valence-electron chi connectivity index (χ2n) is 10.6. The number of thiazole rings is 1. The second kappa shape index (κ2) is 11.1. The molecule has 212 valence electrons. The van der Waals surface area contributed by atoms with Crippen molar-refractivity contribution < 1.29 is 12.6 Å². The van der Waals surface area contributed by atoms with Crippen LogP contribution in [-0.4, -0.2) is 94.4 Å². The summed E-state index contributed by atoms with van der Waals surface area (Å²) in [6.45, 7) is 7.71. The number of fused-ring (bicyclic) bond motifs is 1. The number of aliphatic hydroxyl groups excluding tert-OH is 1. The maximum atomic E-state index is 12.5. The number of nitriles is 1. The van der Waals surface area contributed by atoms with E-state index in [1.807, 2.05) is 56.1 Å². The molecule has 0 radical (unpaired) electrons. The Balaban J connectivity index is 1.30. The van der Waals surface area contributed by atoms with Gasteiger partial charge in [-0.15, -0.1) is 0 Å². The highest BCUT2D eigenvalue weighted by molar-refractivity contribution is 7.16. The number of β-amino-alcohol motifs (C(OH)–C–C–N with tert-alkyl or cyclic N) is 1. The Labute approximate surface area is 246 Å². The Morgan fingerprint density at radius 3 is 2.63 bits per heavy atom. The van der Waals surface area contributed by atoms with Gasteiger partial charge < -0.3 is 19.8 Å². The highest BCUT2D eigenvalue weighted by atomic mass is 32.1. The van der Waals surface area contributed by atoms with E-state index in [1.54, 1.807) is 4.90 Å². The van der Waals surface area contributed by atoms with E-state index in [1.165, 1.54) is 15.9 Å². The van der Waals surface area contributed by atoms with Crippen LogP contribution in [0.25, 0.3) is 16.8 Å². The first-order valence-corrected chi connectivity index (χ1v) is 14.7. The van der Waals surface area contributed by atoms with Crippen LogP contribution in [0.1, 0.15) is 25.8 Å². The van der Waals surface area contributed by atoms with E-state index in [-0.39, 0.29) is 18.1 Å². The van der Waals surface area contributed by atoms with Gasteiger partial charge in [0.15, 0.2) is 5.13 Å². The fourth-order valence-electron chi connectivity index (χ4n) is 5.36. The van der Waals surface area contributed by atoms with E-state index in [0.717, 1.165) is 22.5 Å². The average molecular weight is 573 g/mol. The molecule has 0 unspecified atom stereocenters. The molecule has 5 heterocycles. The summed E-state index contributed by atoms with van der Waals surface area (Å²) in [7, 11) is 1.90. The van der Waals surface area contributed by atoms with Crippen LogP contribution in [-0.2, 0) is 11.2 Å². The number of anilines is 3. The number of likely N-dealkylation sites (tertiary alicyclic amines) is 1. The first kappa shape index (κ1) is 24.8. The molecule has 2 saturated heterocycles. The number of nitrogens with zero attached hydrogens (tertiary/aromatic N) is 8. The number of piperazine rings is 1. The van der Waals surface area contributed by atoms with Crippen LogP contribution in [0.15, 0.2) is 42.5 Å². The van der Waals surface area contributed by atoms with E-state index in [0.29, 0.717) is 79.1 Å². The molecular formula is C30H34N8O2S. The zero-order valence-corrected chi connectivity index (χ0v) is 24.3. The highest BCUT2D eigenvalue weighted by Gasteiger charge is 2.30. The first-order valence-electron chi connectivity index (χ1n) is 14.8. The van der Waals surface area contributed by atoms with Gasteiger partial charge in [0.1, 0.15) is 16.6 Å². The molecule has 2 fully saturated rings. The van der Waals surface area contributed by atoms with Crippen LogP contribution in [0.3, 0.4) is 0 Å². The van der Waals surface area contributed by atoms with E-state index < -0.39 is 6.10 Å². The minimum atomic E-state index is -0.412. The molecule has 0 aliphatic carbocycles. The number of carbonyl (C=O) groups is 1. The van der Waals surface area contributed by atoms with Gasteiger partial charge in [0.05, 0.1) is 32.3 Å². The lowest BCUT2D eigenvalue weighted by molar-refractivity contribution is -0.142. The van der Waals surface area contributed by atoms with Crippen molar-refractivity contribution in [1.29, 1.82) is 5.26 Å². The fraction of sp³-hybridized carbons (Fsp3) is 0.400. The zero-order valence-electron chi connectivity index (χ0n) is 25.5. The normalized spacial score (nSPS) is 16.9. The van der Waals surface area contributed by atoms with E-state index in [2.05, 4.69) is 15.9 Å². The van der Waals surface area contributed by atoms with Crippen LogP contribution in [0.5, 0.6) is 0 Å². The summed E-state index contributed by atoms with van der Waals surface area (Å²) in [5.74, 6) is 0.0288. The lowest BCUT2D eigenvalue weighted by Crippen LogP contribution is -2.57. The molecule has 2 aliphatic rings. The molecule has 3 aromatic heterocycles. The van der Waals surface area contributed by atoms with Crippen LogP contribution < -0.4 is 9.80 Å². The third-order valence-corrected chi connectivity index (χ3v) is 8.85. The van der Waals surface area contributed by atoms with Gasteiger partial charge in [0.25, 0.3) is 0 Å². The van der Waals surface area contributed by atoms with E-state index in [9.17, 15) is 15.2 Å². The summed E-state index contributed by atoms with van der Waals surface area (Å²) in [4.78, 5) is 25.7. The van der Waals surface area contributed by atoms with Gasteiger partial charge in [0, 0.05) is 63.7 Å². The molecular weight excluding hydrogens is 536 g/mol. The fourth-order valence-corrected chi connectivity index (χ4v) is 6.22. The minimum Gasteiger partial charge on any atom is -0.389 e. The van der Waals surface area contributed by atoms with Gasteiger partial charge in [-0.05, 0) is 25.5 Å². The molecule has 11 heteroatoms. The first-order chi connectivity index (χ1) is 20.7. The van der Waals surface area contributed by atoms with Gasteiger partial charge in [-0.2, -0.15) is 10.4 Å². The molecule has 0 spiro atoms. The maximum absolute atomic E-state index is 12.5. The van der Waals surface area contributed by atoms with Gasteiger partial charge in [-0.1, -0.05) is 48.1 Å². The van der Waals surface area contributed by atoms with Crippen molar-refractivity contribution in [2.24, 2.45) is 0 Å². The summed E-state index contributed by atoms with van der Waals surface area (Å²) in [5.41, 5.74) is 5.59. The van der Waals surface area contributed by atoms with Crippen molar-refractivity contribution in [3.05, 3.63) is 58.7 Å². The highest BCUT2D eigenvalue weighted by Crippen LogP contribution is 2.39. The standard InChI is InChI=1S/C30H34N8O2S/c1-4-24-29(34(3)30-32-28(26(16-31)41-30)21-7-5-20(2)6-8-21)25-15-22(9-10-38(25)33-24)36-13-11-35(12-14-36)19-27(40)37-17-23(39)18-37/h5-10,15,23,39H,4,11-14,17-19H2,1-3H3/i9D,10D. The lowest BCUT2D eigenvalue weighted by Gasteiger charge is -2.39. The Bertz CT molecular complexity index is 1720. The molecule has 6 rings (SSSR count). The summed E-state index contributed by atoms with van der Waals surface area (Å²) in [6, 6.07) is 12.3.